The minimum Gasteiger partial charge on any atom is -0.481 e. The molecular weight excluding hydrogens is 140 g/mol. The van der Waals surface area contributed by atoms with Crippen molar-refractivity contribution in [3.8, 4) is 0 Å². The van der Waals surface area contributed by atoms with Gasteiger partial charge in [-0.15, -0.1) is 0 Å². The summed E-state index contributed by atoms with van der Waals surface area (Å²) in [5, 5.41) is 9.03. The fourth-order valence-corrected chi connectivity index (χ4v) is 5.00. The maximum absolute atomic E-state index is 10.9. The molecule has 0 aromatic heterocycles. The molecule has 6 rings (SSSR count). The van der Waals surface area contributed by atoms with E-state index in [1.807, 2.05) is 0 Å². The molecule has 54 valence electrons. The van der Waals surface area contributed by atoms with Crippen molar-refractivity contribution in [1.82, 2.24) is 0 Å². The van der Waals surface area contributed by atoms with Gasteiger partial charge in [-0.1, -0.05) is 5.57 Å². The summed E-state index contributed by atoms with van der Waals surface area (Å²) in [6.45, 7) is 0. The Labute approximate surface area is 62.9 Å². The predicted octanol–water partition coefficient (Wildman–Crippen LogP) is 0.503. The maximum Gasteiger partial charge on any atom is 0.314 e. The SMILES string of the molecule is O=C(O)C12C3=C4C5C3C1C5C42. The van der Waals surface area contributed by atoms with E-state index in [2.05, 4.69) is 0 Å². The first-order valence-corrected chi connectivity index (χ1v) is 4.29. The third-order valence-corrected chi connectivity index (χ3v) is 5.14. The van der Waals surface area contributed by atoms with Crippen molar-refractivity contribution in [3.63, 3.8) is 0 Å². The van der Waals surface area contributed by atoms with E-state index >= 15 is 0 Å². The van der Waals surface area contributed by atoms with Gasteiger partial charge in [0, 0.05) is 5.92 Å². The molecule has 0 bridgehead atoms. The lowest BCUT2D eigenvalue weighted by molar-refractivity contribution is -0.379. The Morgan fingerprint density at radius 2 is 2.27 bits per heavy atom. The Kier molecular flexibility index (Phi) is 0.284. The normalized spacial score (nSPS) is 75.1. The van der Waals surface area contributed by atoms with E-state index in [1.54, 1.807) is 5.57 Å². The highest BCUT2D eigenvalue weighted by atomic mass is 16.4. The first-order chi connectivity index (χ1) is 5.31. The van der Waals surface area contributed by atoms with E-state index in [-0.39, 0.29) is 5.41 Å². The van der Waals surface area contributed by atoms with Crippen LogP contribution in [-0.4, -0.2) is 11.1 Å². The molecule has 6 atom stereocenters. The summed E-state index contributed by atoms with van der Waals surface area (Å²) in [4.78, 5) is 10.9. The number of carbonyl (C=O) groups is 1. The highest BCUT2D eigenvalue weighted by molar-refractivity contribution is 5.96. The number of carboxylic acid groups (broad SMARTS) is 1. The van der Waals surface area contributed by atoms with Crippen LogP contribution in [0.5, 0.6) is 0 Å². The van der Waals surface area contributed by atoms with Gasteiger partial charge in [0.2, 0.25) is 0 Å². The fraction of sp³-hybridized carbons (Fsp3) is 0.667. The van der Waals surface area contributed by atoms with E-state index in [4.69, 9.17) is 5.11 Å². The van der Waals surface area contributed by atoms with Crippen molar-refractivity contribution in [1.29, 1.82) is 0 Å². The quantitative estimate of drug-likeness (QED) is 0.547. The van der Waals surface area contributed by atoms with Gasteiger partial charge in [-0.3, -0.25) is 4.79 Å². The van der Waals surface area contributed by atoms with Crippen LogP contribution in [-0.2, 0) is 4.79 Å². The number of rotatable bonds is 1. The Balaban J connectivity index is 1.91. The maximum atomic E-state index is 10.9. The van der Waals surface area contributed by atoms with Crippen LogP contribution < -0.4 is 0 Å². The van der Waals surface area contributed by atoms with E-state index in [1.165, 1.54) is 5.57 Å². The topological polar surface area (TPSA) is 37.3 Å². The number of carboxylic acids is 1. The third kappa shape index (κ3) is 0.137. The zero-order valence-corrected chi connectivity index (χ0v) is 5.74. The Bertz CT molecular complexity index is 394. The minimum absolute atomic E-state index is 0.237. The van der Waals surface area contributed by atoms with Crippen molar-refractivity contribution < 1.29 is 9.90 Å². The average molecular weight is 146 g/mol. The second-order valence-corrected chi connectivity index (χ2v) is 4.68. The molecule has 0 spiro atoms. The van der Waals surface area contributed by atoms with Crippen molar-refractivity contribution >= 4 is 5.97 Å². The Morgan fingerprint density at radius 1 is 1.45 bits per heavy atom. The summed E-state index contributed by atoms with van der Waals surface area (Å²) in [5.41, 5.74) is 2.73. The molecule has 11 heavy (non-hydrogen) atoms. The lowest BCUT2D eigenvalue weighted by atomic mass is 9.03. The zero-order chi connectivity index (χ0) is 7.12. The summed E-state index contributed by atoms with van der Waals surface area (Å²) in [7, 11) is 0. The molecule has 4 saturated carbocycles. The highest BCUT2D eigenvalue weighted by Crippen LogP contribution is 3.02. The molecular formula is C9H6O2. The van der Waals surface area contributed by atoms with Crippen LogP contribution in [0.2, 0.25) is 0 Å². The molecule has 6 aliphatic carbocycles. The van der Waals surface area contributed by atoms with E-state index in [0.717, 1.165) is 17.8 Å². The molecule has 2 nitrogen and oxygen atoms in total. The monoisotopic (exact) mass is 146 g/mol. The van der Waals surface area contributed by atoms with Crippen molar-refractivity contribution in [2.45, 2.75) is 0 Å². The van der Waals surface area contributed by atoms with Crippen molar-refractivity contribution in [2.75, 3.05) is 0 Å². The number of hydrogen-bond donors (Lipinski definition) is 1. The van der Waals surface area contributed by atoms with Gasteiger partial charge in [0.15, 0.2) is 0 Å². The molecule has 1 N–H and O–H groups in total. The first-order valence-electron chi connectivity index (χ1n) is 4.29. The molecule has 0 aromatic carbocycles. The van der Waals surface area contributed by atoms with E-state index in [9.17, 15) is 4.79 Å². The molecule has 6 aliphatic rings. The molecule has 2 heteroatoms. The highest BCUT2D eigenvalue weighted by Gasteiger charge is 3.01. The molecule has 0 aliphatic heterocycles. The molecule has 0 aromatic rings. The standard InChI is InChI=1S/C9H6O2/c10-8(11)9-5-2-1-3(5)7(9)4(1)6(2)9/h1-3,5-6H,(H,10,11). The molecule has 6 unspecified atom stereocenters. The summed E-state index contributed by atoms with van der Waals surface area (Å²) in [6.07, 6.45) is 0. The van der Waals surface area contributed by atoms with Gasteiger partial charge in [0.05, 0.1) is 5.41 Å². The van der Waals surface area contributed by atoms with Crippen molar-refractivity contribution in [2.24, 2.45) is 35.0 Å². The molecule has 4 fully saturated rings. The lowest BCUT2D eigenvalue weighted by Gasteiger charge is -2.99. The van der Waals surface area contributed by atoms with Gasteiger partial charge in [-0.05, 0) is 29.2 Å². The van der Waals surface area contributed by atoms with Gasteiger partial charge >= 0.3 is 5.97 Å². The van der Waals surface area contributed by atoms with E-state index in [0.29, 0.717) is 11.8 Å². The van der Waals surface area contributed by atoms with Crippen LogP contribution in [0.1, 0.15) is 0 Å². The summed E-state index contributed by atoms with van der Waals surface area (Å²) >= 11 is 0. The second-order valence-electron chi connectivity index (χ2n) is 4.68. The van der Waals surface area contributed by atoms with Gasteiger partial charge in [-0.2, -0.15) is 0 Å². The summed E-state index contributed by atoms with van der Waals surface area (Å²) in [5.74, 6) is 3.20. The molecule has 0 heterocycles. The second kappa shape index (κ2) is 0.728. The summed E-state index contributed by atoms with van der Waals surface area (Å²) in [6, 6.07) is 0. The van der Waals surface area contributed by atoms with Crippen LogP contribution in [0, 0.1) is 35.0 Å². The van der Waals surface area contributed by atoms with Gasteiger partial charge in [0.25, 0.3) is 0 Å². The third-order valence-electron chi connectivity index (χ3n) is 5.14. The number of aliphatic carboxylic acids is 1. The van der Waals surface area contributed by atoms with Crippen LogP contribution in [0.4, 0.5) is 0 Å². The van der Waals surface area contributed by atoms with Gasteiger partial charge in [0.1, 0.15) is 0 Å². The van der Waals surface area contributed by atoms with Crippen LogP contribution in [0.25, 0.3) is 0 Å². The molecule has 0 amide bonds. The Morgan fingerprint density at radius 3 is 2.55 bits per heavy atom. The molecule has 0 radical (unpaired) electrons. The summed E-state index contributed by atoms with van der Waals surface area (Å²) < 4.78 is 0. The minimum atomic E-state index is -0.517. The largest absolute Gasteiger partial charge is 0.481 e. The van der Waals surface area contributed by atoms with Crippen LogP contribution in [0.3, 0.4) is 0 Å². The first kappa shape index (κ1) is 4.29. The smallest absolute Gasteiger partial charge is 0.314 e. The number of allylic oxidation sites excluding steroid dienone is 1. The molecule has 0 saturated heterocycles. The van der Waals surface area contributed by atoms with Gasteiger partial charge < -0.3 is 5.11 Å². The van der Waals surface area contributed by atoms with Crippen LogP contribution in [0.15, 0.2) is 11.1 Å². The lowest BCUT2D eigenvalue weighted by Crippen LogP contribution is -2.97. The average Bonchev–Trinajstić information content (AvgIpc) is 2.05. The Hall–Kier alpha value is -0.790. The van der Waals surface area contributed by atoms with Gasteiger partial charge in [-0.25, -0.2) is 0 Å². The predicted molar refractivity (Wildman–Crippen MR) is 34.5 cm³/mol. The van der Waals surface area contributed by atoms with Crippen LogP contribution >= 0.6 is 0 Å². The fourth-order valence-electron chi connectivity index (χ4n) is 5.00. The number of hydrogen-bond acceptors (Lipinski definition) is 1. The zero-order valence-electron chi connectivity index (χ0n) is 5.74. The van der Waals surface area contributed by atoms with E-state index < -0.39 is 5.97 Å². The van der Waals surface area contributed by atoms with Crippen molar-refractivity contribution in [3.05, 3.63) is 11.1 Å².